The topological polar surface area (TPSA) is 89.6 Å². The van der Waals surface area contributed by atoms with Crippen molar-refractivity contribution in [3.8, 4) is 0 Å². The molecule has 0 heterocycles. The normalized spacial score (nSPS) is 15.3. The third kappa shape index (κ3) is 5.85. The van der Waals surface area contributed by atoms with Crippen LogP contribution in [0.1, 0.15) is 18.9 Å². The zero-order valence-electron chi connectivity index (χ0n) is 10.5. The van der Waals surface area contributed by atoms with E-state index in [4.69, 9.17) is 15.6 Å². The number of aliphatic carboxylic acids is 1. The summed E-state index contributed by atoms with van der Waals surface area (Å²) in [6.07, 6.45) is -0.0457. The average Bonchev–Trinajstić information content (AvgIpc) is 2.33. The van der Waals surface area contributed by atoms with Crippen molar-refractivity contribution < 1.29 is 19.4 Å². The Morgan fingerprint density at radius 2 is 2.00 bits per heavy atom. The van der Waals surface area contributed by atoms with Crippen LogP contribution in [0.5, 0.6) is 0 Å². The number of hydrogen-bond donors (Lipinski definition) is 2. The van der Waals surface area contributed by atoms with E-state index in [0.717, 1.165) is 5.56 Å². The number of hydrogen-bond acceptors (Lipinski definition) is 4. The number of carboxylic acids is 1. The van der Waals surface area contributed by atoms with Gasteiger partial charge in [-0.3, -0.25) is 9.59 Å². The molecule has 1 aromatic carbocycles. The number of nitrogens with two attached hydrogens (primary N) is 1. The highest BCUT2D eigenvalue weighted by Gasteiger charge is 2.33. The molecule has 2 atom stereocenters. The van der Waals surface area contributed by atoms with E-state index < -0.39 is 22.3 Å². The van der Waals surface area contributed by atoms with Crippen LogP contribution >= 0.6 is 15.9 Å². The fourth-order valence-electron chi connectivity index (χ4n) is 1.50. The van der Waals surface area contributed by atoms with Gasteiger partial charge in [-0.1, -0.05) is 46.3 Å². The Balaban J connectivity index is 2.61. The van der Waals surface area contributed by atoms with Gasteiger partial charge in [0.25, 0.3) is 0 Å². The first-order valence-corrected chi connectivity index (χ1v) is 6.50. The van der Waals surface area contributed by atoms with E-state index in [1.54, 1.807) is 19.1 Å². The molecular formula is C13H16BrNO4. The molecule has 3 N–H and O–H groups in total. The average molecular weight is 330 g/mol. The Morgan fingerprint density at radius 3 is 2.47 bits per heavy atom. The van der Waals surface area contributed by atoms with Crippen LogP contribution in [0.2, 0.25) is 0 Å². The first kappa shape index (κ1) is 15.7. The molecule has 0 aliphatic heterocycles. The maximum absolute atomic E-state index is 11.8. The van der Waals surface area contributed by atoms with Gasteiger partial charge < -0.3 is 15.6 Å². The van der Waals surface area contributed by atoms with Gasteiger partial charge in [-0.25, -0.2) is 0 Å². The van der Waals surface area contributed by atoms with Crippen LogP contribution < -0.4 is 5.73 Å². The predicted octanol–water partition coefficient (Wildman–Crippen LogP) is 1.89. The maximum Gasteiger partial charge on any atom is 0.320 e. The van der Waals surface area contributed by atoms with Gasteiger partial charge in [-0.2, -0.15) is 0 Å². The molecule has 0 bridgehead atoms. The van der Waals surface area contributed by atoms with Crippen molar-refractivity contribution in [3.05, 3.63) is 35.9 Å². The molecule has 1 rings (SSSR count). The number of carboxylic acid groups (broad SMARTS) is 1. The summed E-state index contributed by atoms with van der Waals surface area (Å²) >= 11 is 3.12. The first-order chi connectivity index (χ1) is 8.79. The molecule has 0 spiro atoms. The van der Waals surface area contributed by atoms with E-state index in [1.807, 2.05) is 18.2 Å². The van der Waals surface area contributed by atoms with Crippen molar-refractivity contribution in [1.29, 1.82) is 0 Å². The van der Waals surface area contributed by atoms with Gasteiger partial charge in [0.1, 0.15) is 6.61 Å². The van der Waals surface area contributed by atoms with Crippen LogP contribution in [0.3, 0.4) is 0 Å². The predicted molar refractivity (Wildman–Crippen MR) is 73.5 cm³/mol. The van der Waals surface area contributed by atoms with E-state index >= 15 is 0 Å². The molecule has 0 saturated heterocycles. The van der Waals surface area contributed by atoms with Gasteiger partial charge in [0, 0.05) is 0 Å². The van der Waals surface area contributed by atoms with E-state index in [1.165, 1.54) is 0 Å². The van der Waals surface area contributed by atoms with Crippen molar-refractivity contribution in [2.75, 3.05) is 0 Å². The van der Waals surface area contributed by atoms with Crippen LogP contribution in [0.15, 0.2) is 30.3 Å². The molecule has 2 unspecified atom stereocenters. The van der Waals surface area contributed by atoms with Crippen LogP contribution in [0, 0.1) is 5.92 Å². The molecule has 0 aliphatic rings. The summed E-state index contributed by atoms with van der Waals surface area (Å²) in [5.41, 5.74) is 6.47. The molecule has 5 nitrogen and oxygen atoms in total. The van der Waals surface area contributed by atoms with Gasteiger partial charge in [-0.15, -0.1) is 0 Å². The van der Waals surface area contributed by atoms with Crippen molar-refractivity contribution in [2.45, 2.75) is 24.4 Å². The standard InChI is InChI=1S/C13H16BrNO4/c1-13(14,15)7-10(11(16)17)12(18)19-8-9-5-3-2-4-6-9/h2-6,10H,7-8,15H2,1H3,(H,16,17). The van der Waals surface area contributed by atoms with Crippen molar-refractivity contribution in [2.24, 2.45) is 11.7 Å². The van der Waals surface area contributed by atoms with E-state index in [2.05, 4.69) is 15.9 Å². The van der Waals surface area contributed by atoms with Gasteiger partial charge in [0.05, 0.1) is 4.45 Å². The van der Waals surface area contributed by atoms with Gasteiger partial charge >= 0.3 is 11.9 Å². The third-order valence-electron chi connectivity index (χ3n) is 2.41. The summed E-state index contributed by atoms with van der Waals surface area (Å²) in [6, 6.07) is 9.05. The number of carbonyl (C=O) groups is 2. The smallest absolute Gasteiger partial charge is 0.320 e. The minimum absolute atomic E-state index is 0.0457. The molecule has 0 saturated carbocycles. The molecule has 0 aliphatic carbocycles. The quantitative estimate of drug-likeness (QED) is 0.360. The summed E-state index contributed by atoms with van der Waals surface area (Å²) in [5.74, 6) is -3.31. The molecule has 0 amide bonds. The van der Waals surface area contributed by atoms with Crippen molar-refractivity contribution in [1.82, 2.24) is 0 Å². The molecular weight excluding hydrogens is 314 g/mol. The molecule has 19 heavy (non-hydrogen) atoms. The highest BCUT2D eigenvalue weighted by molar-refractivity contribution is 9.10. The molecule has 104 valence electrons. The number of ether oxygens (including phenoxy) is 1. The van der Waals surface area contributed by atoms with Crippen LogP contribution in [-0.2, 0) is 20.9 Å². The maximum atomic E-state index is 11.8. The lowest BCUT2D eigenvalue weighted by Gasteiger charge is -2.20. The monoisotopic (exact) mass is 329 g/mol. The fourth-order valence-corrected chi connectivity index (χ4v) is 1.82. The van der Waals surface area contributed by atoms with E-state index in [-0.39, 0.29) is 13.0 Å². The van der Waals surface area contributed by atoms with E-state index in [9.17, 15) is 9.59 Å². The Kier molecular flexibility index (Phi) is 5.50. The van der Waals surface area contributed by atoms with E-state index in [0.29, 0.717) is 0 Å². The largest absolute Gasteiger partial charge is 0.481 e. The molecule has 0 fully saturated rings. The van der Waals surface area contributed by atoms with Crippen LogP contribution in [-0.4, -0.2) is 21.5 Å². The number of benzene rings is 1. The number of alkyl halides is 1. The van der Waals surface area contributed by atoms with Crippen LogP contribution in [0.4, 0.5) is 0 Å². The number of esters is 1. The Morgan fingerprint density at radius 1 is 1.42 bits per heavy atom. The zero-order valence-corrected chi connectivity index (χ0v) is 12.1. The third-order valence-corrected chi connectivity index (χ3v) is 2.73. The number of halogens is 1. The lowest BCUT2D eigenvalue weighted by molar-refractivity contribution is -0.160. The summed E-state index contributed by atoms with van der Waals surface area (Å²) in [6.45, 7) is 1.64. The van der Waals surface area contributed by atoms with Gasteiger partial charge in [-0.05, 0) is 18.9 Å². The lowest BCUT2D eigenvalue weighted by atomic mass is 10.0. The molecule has 6 heteroatoms. The minimum Gasteiger partial charge on any atom is -0.481 e. The second-order valence-electron chi connectivity index (χ2n) is 4.47. The zero-order chi connectivity index (χ0) is 14.5. The Labute approximate surface area is 119 Å². The summed E-state index contributed by atoms with van der Waals surface area (Å²) < 4.78 is 4.07. The highest BCUT2D eigenvalue weighted by Crippen LogP contribution is 2.22. The number of rotatable bonds is 6. The number of carbonyl (C=O) groups excluding carboxylic acids is 1. The van der Waals surface area contributed by atoms with Crippen molar-refractivity contribution in [3.63, 3.8) is 0 Å². The second kappa shape index (κ2) is 6.68. The SMILES string of the molecule is CC(N)(Br)CC(C(=O)O)C(=O)OCc1ccccc1. The Bertz CT molecular complexity index is 442. The molecule has 0 aromatic heterocycles. The Hall–Kier alpha value is -1.40. The van der Waals surface area contributed by atoms with Crippen molar-refractivity contribution >= 4 is 27.9 Å². The van der Waals surface area contributed by atoms with Gasteiger partial charge in [0.15, 0.2) is 5.92 Å². The van der Waals surface area contributed by atoms with Gasteiger partial charge in [0.2, 0.25) is 0 Å². The summed E-state index contributed by atoms with van der Waals surface area (Å²) in [7, 11) is 0. The fraction of sp³-hybridized carbons (Fsp3) is 0.385. The second-order valence-corrected chi connectivity index (χ2v) is 6.28. The lowest BCUT2D eigenvalue weighted by Crippen LogP contribution is -2.37. The highest BCUT2D eigenvalue weighted by atomic mass is 79.9. The summed E-state index contributed by atoms with van der Waals surface area (Å²) in [4.78, 5) is 22.8. The molecule has 0 radical (unpaired) electrons. The first-order valence-electron chi connectivity index (χ1n) is 5.71. The van der Waals surface area contributed by atoms with Crippen LogP contribution in [0.25, 0.3) is 0 Å². The summed E-state index contributed by atoms with van der Waals surface area (Å²) in [5, 5.41) is 9.03. The minimum atomic E-state index is -1.28. The molecule has 1 aromatic rings.